The summed E-state index contributed by atoms with van der Waals surface area (Å²) in [6.45, 7) is 3.95. The van der Waals surface area contributed by atoms with Crippen LogP contribution in [0.1, 0.15) is 22.7 Å². The third kappa shape index (κ3) is 3.62. The molecule has 1 N–H and O–H groups in total. The lowest BCUT2D eigenvalue weighted by Gasteiger charge is -2.21. The summed E-state index contributed by atoms with van der Waals surface area (Å²) in [5.41, 5.74) is 2.96. The quantitative estimate of drug-likeness (QED) is 0.755. The molecule has 0 unspecified atom stereocenters. The summed E-state index contributed by atoms with van der Waals surface area (Å²) in [6.07, 6.45) is 3.35. The number of hydrogen-bond acceptors (Lipinski definition) is 3. The number of furan rings is 1. The second-order valence-corrected chi connectivity index (χ2v) is 5.33. The number of rotatable bonds is 6. The van der Waals surface area contributed by atoms with Crippen LogP contribution in [0.2, 0.25) is 0 Å². The third-order valence-corrected chi connectivity index (χ3v) is 3.56. The fraction of sp³-hybridized carbons (Fsp3) is 0.235. The molecule has 2 heterocycles. The minimum Gasteiger partial charge on any atom is -0.468 e. The molecule has 0 bridgehead atoms. The molecule has 0 saturated heterocycles. The molecule has 3 rings (SSSR count). The molecule has 0 radical (unpaired) electrons. The van der Waals surface area contributed by atoms with Crippen molar-refractivity contribution in [3.8, 4) is 0 Å². The van der Waals surface area contributed by atoms with Crippen LogP contribution in [-0.2, 0) is 19.6 Å². The normalized spacial score (nSPS) is 11.2. The molecule has 5 heteroatoms. The van der Waals surface area contributed by atoms with Crippen LogP contribution in [0.25, 0.3) is 0 Å². The summed E-state index contributed by atoms with van der Waals surface area (Å²) in [6, 6.07) is 10.5. The van der Waals surface area contributed by atoms with Crippen LogP contribution in [0.15, 0.2) is 53.4 Å². The van der Waals surface area contributed by atoms with Gasteiger partial charge in [0.15, 0.2) is 0 Å². The highest BCUT2D eigenvalue weighted by molar-refractivity contribution is 5.17. The Labute approximate surface area is 128 Å². The summed E-state index contributed by atoms with van der Waals surface area (Å²) >= 11 is 0. The summed E-state index contributed by atoms with van der Waals surface area (Å²) < 4.78 is 18.8. The van der Waals surface area contributed by atoms with Crippen molar-refractivity contribution in [1.82, 2.24) is 14.9 Å². The minimum atomic E-state index is -0.216. The van der Waals surface area contributed by atoms with Crippen LogP contribution in [0, 0.1) is 12.7 Å². The van der Waals surface area contributed by atoms with Crippen molar-refractivity contribution in [2.24, 2.45) is 0 Å². The minimum absolute atomic E-state index is 0.216. The van der Waals surface area contributed by atoms with Crippen molar-refractivity contribution in [3.63, 3.8) is 0 Å². The Kier molecular flexibility index (Phi) is 4.34. The molecule has 0 aliphatic carbocycles. The topological polar surface area (TPSA) is 45.1 Å². The van der Waals surface area contributed by atoms with Crippen LogP contribution in [0.3, 0.4) is 0 Å². The van der Waals surface area contributed by atoms with E-state index in [4.69, 9.17) is 4.42 Å². The average molecular weight is 299 g/mol. The van der Waals surface area contributed by atoms with Crippen molar-refractivity contribution in [2.45, 2.75) is 26.6 Å². The molecule has 114 valence electrons. The Bertz CT molecular complexity index is 721. The standard InChI is InChI=1S/C17H18FN3O/c1-13-17(20-12-19-13)11-21(10-16-6-3-7-22-16)9-14-4-2-5-15(18)8-14/h2-8,12H,9-11H2,1H3,(H,19,20). The van der Waals surface area contributed by atoms with Gasteiger partial charge in [-0.2, -0.15) is 0 Å². The fourth-order valence-corrected chi connectivity index (χ4v) is 2.44. The van der Waals surface area contributed by atoms with Crippen LogP contribution < -0.4 is 0 Å². The number of H-pyrrole nitrogens is 1. The Balaban J connectivity index is 1.77. The molecule has 22 heavy (non-hydrogen) atoms. The molecule has 1 aromatic carbocycles. The van der Waals surface area contributed by atoms with Crippen LogP contribution in [0.5, 0.6) is 0 Å². The van der Waals surface area contributed by atoms with E-state index in [1.807, 2.05) is 25.1 Å². The summed E-state index contributed by atoms with van der Waals surface area (Å²) in [4.78, 5) is 9.60. The van der Waals surface area contributed by atoms with E-state index in [0.717, 1.165) is 22.7 Å². The Hall–Kier alpha value is -2.40. The number of aromatic nitrogens is 2. The first kappa shape index (κ1) is 14.5. The van der Waals surface area contributed by atoms with Gasteiger partial charge in [0, 0.05) is 18.8 Å². The second kappa shape index (κ2) is 6.58. The number of benzene rings is 1. The highest BCUT2D eigenvalue weighted by Crippen LogP contribution is 2.15. The lowest BCUT2D eigenvalue weighted by Crippen LogP contribution is -2.22. The smallest absolute Gasteiger partial charge is 0.123 e. The number of aromatic amines is 1. The average Bonchev–Trinajstić information content (AvgIpc) is 3.12. The predicted molar refractivity (Wildman–Crippen MR) is 81.4 cm³/mol. The lowest BCUT2D eigenvalue weighted by atomic mass is 10.2. The van der Waals surface area contributed by atoms with Gasteiger partial charge in [0.2, 0.25) is 0 Å². The zero-order valence-corrected chi connectivity index (χ0v) is 12.4. The van der Waals surface area contributed by atoms with E-state index < -0.39 is 0 Å². The van der Waals surface area contributed by atoms with E-state index in [1.165, 1.54) is 6.07 Å². The maximum atomic E-state index is 13.4. The number of nitrogens with one attached hydrogen (secondary N) is 1. The number of aryl methyl sites for hydroxylation is 1. The maximum absolute atomic E-state index is 13.4. The van der Waals surface area contributed by atoms with Gasteiger partial charge in [-0.1, -0.05) is 12.1 Å². The Morgan fingerprint density at radius 1 is 1.18 bits per heavy atom. The van der Waals surface area contributed by atoms with Crippen molar-refractivity contribution >= 4 is 0 Å². The number of halogens is 1. The van der Waals surface area contributed by atoms with Gasteiger partial charge in [0.25, 0.3) is 0 Å². The van der Waals surface area contributed by atoms with Crippen molar-refractivity contribution < 1.29 is 8.81 Å². The van der Waals surface area contributed by atoms with Gasteiger partial charge >= 0.3 is 0 Å². The molecule has 4 nitrogen and oxygen atoms in total. The predicted octanol–water partition coefficient (Wildman–Crippen LogP) is 3.65. The molecule has 0 atom stereocenters. The van der Waals surface area contributed by atoms with Crippen LogP contribution in [0.4, 0.5) is 4.39 Å². The first-order valence-corrected chi connectivity index (χ1v) is 7.19. The van der Waals surface area contributed by atoms with Gasteiger partial charge < -0.3 is 9.40 Å². The fourth-order valence-electron chi connectivity index (χ4n) is 2.44. The number of imidazole rings is 1. The van der Waals surface area contributed by atoms with Gasteiger partial charge in [-0.3, -0.25) is 4.90 Å². The Morgan fingerprint density at radius 3 is 2.77 bits per heavy atom. The van der Waals surface area contributed by atoms with E-state index in [-0.39, 0.29) is 5.82 Å². The number of nitrogens with zero attached hydrogens (tertiary/aromatic N) is 2. The third-order valence-electron chi connectivity index (χ3n) is 3.56. The molecule has 0 fully saturated rings. The number of hydrogen-bond donors (Lipinski definition) is 1. The highest BCUT2D eigenvalue weighted by atomic mass is 19.1. The van der Waals surface area contributed by atoms with Crippen LogP contribution >= 0.6 is 0 Å². The zero-order valence-electron chi connectivity index (χ0n) is 12.4. The molecule has 3 aromatic rings. The molecule has 0 saturated carbocycles. The van der Waals surface area contributed by atoms with Crippen molar-refractivity contribution in [1.29, 1.82) is 0 Å². The second-order valence-electron chi connectivity index (χ2n) is 5.33. The van der Waals surface area contributed by atoms with Gasteiger partial charge in [0.1, 0.15) is 11.6 Å². The molecular weight excluding hydrogens is 281 g/mol. The van der Waals surface area contributed by atoms with E-state index in [9.17, 15) is 4.39 Å². The van der Waals surface area contributed by atoms with Crippen LogP contribution in [-0.4, -0.2) is 14.9 Å². The molecule has 2 aromatic heterocycles. The van der Waals surface area contributed by atoms with Crippen molar-refractivity contribution in [2.75, 3.05) is 0 Å². The van der Waals surface area contributed by atoms with Gasteiger partial charge in [0.05, 0.1) is 24.8 Å². The molecule has 0 aliphatic heterocycles. The summed E-state index contributed by atoms with van der Waals surface area (Å²) in [5, 5.41) is 0. The van der Waals surface area contributed by atoms with E-state index >= 15 is 0 Å². The largest absolute Gasteiger partial charge is 0.468 e. The summed E-state index contributed by atoms with van der Waals surface area (Å²) in [5.74, 6) is 0.663. The molecule has 0 amide bonds. The maximum Gasteiger partial charge on any atom is 0.123 e. The van der Waals surface area contributed by atoms with Gasteiger partial charge in [-0.15, -0.1) is 0 Å². The van der Waals surface area contributed by atoms with E-state index in [1.54, 1.807) is 24.7 Å². The molecule has 0 aliphatic rings. The SMILES string of the molecule is Cc1[nH]cnc1CN(Cc1cccc(F)c1)Cc1ccco1. The Morgan fingerprint density at radius 2 is 2.09 bits per heavy atom. The monoisotopic (exact) mass is 299 g/mol. The van der Waals surface area contributed by atoms with E-state index in [0.29, 0.717) is 19.6 Å². The first-order valence-electron chi connectivity index (χ1n) is 7.19. The zero-order chi connectivity index (χ0) is 15.4. The summed E-state index contributed by atoms with van der Waals surface area (Å²) in [7, 11) is 0. The molecule has 0 spiro atoms. The lowest BCUT2D eigenvalue weighted by molar-refractivity contribution is 0.224. The van der Waals surface area contributed by atoms with Gasteiger partial charge in [-0.25, -0.2) is 9.37 Å². The highest BCUT2D eigenvalue weighted by Gasteiger charge is 2.13. The van der Waals surface area contributed by atoms with E-state index in [2.05, 4.69) is 14.9 Å². The van der Waals surface area contributed by atoms with Gasteiger partial charge in [-0.05, 0) is 36.8 Å². The first-order chi connectivity index (χ1) is 10.7. The van der Waals surface area contributed by atoms with Crippen molar-refractivity contribution in [3.05, 3.63) is 77.5 Å². The molecular formula is C17H18FN3O.